The lowest BCUT2D eigenvalue weighted by Gasteiger charge is -2.37. The van der Waals surface area contributed by atoms with Crippen molar-refractivity contribution in [3.8, 4) is 5.88 Å². The number of nitro groups is 1. The first-order valence-corrected chi connectivity index (χ1v) is 5.68. The molecule has 7 nitrogen and oxygen atoms in total. The minimum absolute atomic E-state index is 0.0920. The molecule has 0 aromatic carbocycles. The summed E-state index contributed by atoms with van der Waals surface area (Å²) in [5.74, 6) is 0.237. The van der Waals surface area contributed by atoms with Gasteiger partial charge in [-0.05, 0) is 6.92 Å². The zero-order valence-corrected chi connectivity index (χ0v) is 10.7. The fraction of sp³-hybridized carbons (Fsp3) is 0.600. The molecule has 8 heteroatoms. The third-order valence-corrected chi connectivity index (χ3v) is 2.83. The summed E-state index contributed by atoms with van der Waals surface area (Å²) in [4.78, 5) is 17.9. The normalized spacial score (nSPS) is 17.1. The molecule has 0 spiro atoms. The Kier molecular flexibility index (Phi) is 3.36. The molecule has 98 valence electrons. The maximum Gasteiger partial charge on any atom is 0.367 e. The smallest absolute Gasteiger partial charge is 0.367 e. The predicted octanol–water partition coefficient (Wildman–Crippen LogP) is 1.76. The Balaban J connectivity index is 2.22. The van der Waals surface area contributed by atoms with Crippen LogP contribution in [0.2, 0.25) is 5.15 Å². The molecule has 0 saturated carbocycles. The van der Waals surface area contributed by atoms with E-state index in [9.17, 15) is 10.1 Å². The van der Waals surface area contributed by atoms with E-state index in [-0.39, 0.29) is 16.4 Å². The van der Waals surface area contributed by atoms with Crippen molar-refractivity contribution >= 4 is 17.3 Å². The van der Waals surface area contributed by atoms with Crippen molar-refractivity contribution in [2.45, 2.75) is 13.8 Å². The van der Waals surface area contributed by atoms with E-state index in [0.717, 1.165) is 0 Å². The van der Waals surface area contributed by atoms with E-state index in [0.29, 0.717) is 25.6 Å². The van der Waals surface area contributed by atoms with Gasteiger partial charge in [-0.3, -0.25) is 10.1 Å². The van der Waals surface area contributed by atoms with Gasteiger partial charge in [0.2, 0.25) is 5.15 Å². The zero-order chi connectivity index (χ0) is 13.3. The highest BCUT2D eigenvalue weighted by Crippen LogP contribution is 2.33. The summed E-state index contributed by atoms with van der Waals surface area (Å²) >= 11 is 5.73. The molecule has 1 fully saturated rings. The Hall–Kier alpha value is -1.47. The lowest BCUT2D eigenvalue weighted by atomic mass is 9.90. The number of nitrogens with zero attached hydrogens (tertiary/aromatic N) is 3. The van der Waals surface area contributed by atoms with Crippen LogP contribution in [0.15, 0.2) is 0 Å². The van der Waals surface area contributed by atoms with E-state index < -0.39 is 10.6 Å². The van der Waals surface area contributed by atoms with Crippen LogP contribution in [0.1, 0.15) is 12.7 Å². The summed E-state index contributed by atoms with van der Waals surface area (Å²) in [6.45, 7) is 4.99. The molecule has 2 rings (SSSR count). The van der Waals surface area contributed by atoms with Gasteiger partial charge in [0, 0.05) is 5.41 Å². The second-order valence-electron chi connectivity index (χ2n) is 4.56. The maximum absolute atomic E-state index is 10.9. The lowest BCUT2D eigenvalue weighted by molar-refractivity contribution is -0.386. The monoisotopic (exact) mass is 273 g/mol. The van der Waals surface area contributed by atoms with Gasteiger partial charge in [-0.2, -0.15) is 4.98 Å². The molecule has 1 aliphatic rings. The number of aryl methyl sites for hydroxylation is 1. The average molecular weight is 274 g/mol. The standard InChI is InChI=1S/C10H12ClN3O4/c1-6-12-8(11)7(14(15)16)9(13-6)18-5-10(2)3-17-4-10/h3-5H2,1-2H3. The van der Waals surface area contributed by atoms with Gasteiger partial charge >= 0.3 is 5.69 Å². The summed E-state index contributed by atoms with van der Waals surface area (Å²) in [5.41, 5.74) is -0.523. The predicted molar refractivity (Wildman–Crippen MR) is 62.9 cm³/mol. The molecule has 0 amide bonds. The van der Waals surface area contributed by atoms with Gasteiger partial charge < -0.3 is 9.47 Å². The fourth-order valence-electron chi connectivity index (χ4n) is 1.54. The van der Waals surface area contributed by atoms with E-state index in [1.807, 2.05) is 6.92 Å². The Morgan fingerprint density at radius 1 is 1.56 bits per heavy atom. The number of hydrogen-bond acceptors (Lipinski definition) is 6. The number of halogens is 1. The first-order chi connectivity index (χ1) is 8.41. The van der Waals surface area contributed by atoms with Crippen LogP contribution in [0.3, 0.4) is 0 Å². The molecule has 0 aliphatic carbocycles. The van der Waals surface area contributed by atoms with Gasteiger partial charge in [-0.25, -0.2) is 4.98 Å². The van der Waals surface area contributed by atoms with Crippen molar-refractivity contribution in [2.24, 2.45) is 5.41 Å². The van der Waals surface area contributed by atoms with Gasteiger partial charge in [-0.15, -0.1) is 0 Å². The molecule has 1 aromatic rings. The molecule has 0 radical (unpaired) electrons. The Morgan fingerprint density at radius 3 is 2.72 bits per heavy atom. The van der Waals surface area contributed by atoms with Gasteiger partial charge in [-0.1, -0.05) is 18.5 Å². The van der Waals surface area contributed by atoms with Crippen LogP contribution in [0.4, 0.5) is 5.69 Å². The van der Waals surface area contributed by atoms with Gasteiger partial charge in [0.25, 0.3) is 5.88 Å². The third-order valence-electron chi connectivity index (χ3n) is 2.56. The highest BCUT2D eigenvalue weighted by atomic mass is 35.5. The zero-order valence-electron chi connectivity index (χ0n) is 9.97. The Labute approximate surface area is 108 Å². The van der Waals surface area contributed by atoms with E-state index in [4.69, 9.17) is 21.1 Å². The van der Waals surface area contributed by atoms with Crippen molar-refractivity contribution in [1.82, 2.24) is 9.97 Å². The number of rotatable bonds is 4. The quantitative estimate of drug-likeness (QED) is 0.472. The second-order valence-corrected chi connectivity index (χ2v) is 4.92. The van der Waals surface area contributed by atoms with Crippen molar-refractivity contribution in [2.75, 3.05) is 19.8 Å². The largest absolute Gasteiger partial charge is 0.472 e. The van der Waals surface area contributed by atoms with Crippen LogP contribution in [-0.4, -0.2) is 34.7 Å². The van der Waals surface area contributed by atoms with Gasteiger partial charge in [0.1, 0.15) is 5.82 Å². The van der Waals surface area contributed by atoms with E-state index in [1.165, 1.54) is 0 Å². The summed E-state index contributed by atoms with van der Waals surface area (Å²) in [5, 5.41) is 10.7. The van der Waals surface area contributed by atoms with Crippen LogP contribution in [-0.2, 0) is 4.74 Å². The average Bonchev–Trinajstić information content (AvgIpc) is 2.22. The molecule has 1 aliphatic heterocycles. The minimum Gasteiger partial charge on any atom is -0.472 e. The molecule has 0 atom stereocenters. The van der Waals surface area contributed by atoms with Crippen molar-refractivity contribution in [3.63, 3.8) is 0 Å². The molecule has 1 saturated heterocycles. The maximum atomic E-state index is 10.9. The fourth-order valence-corrected chi connectivity index (χ4v) is 1.81. The summed E-state index contributed by atoms with van der Waals surface area (Å²) < 4.78 is 10.5. The Morgan fingerprint density at radius 2 is 2.22 bits per heavy atom. The van der Waals surface area contributed by atoms with Crippen LogP contribution < -0.4 is 4.74 Å². The first kappa shape index (κ1) is 13.0. The minimum atomic E-state index is -0.642. The molecule has 0 unspecified atom stereocenters. The highest BCUT2D eigenvalue weighted by Gasteiger charge is 2.35. The van der Waals surface area contributed by atoms with E-state index >= 15 is 0 Å². The molecule has 18 heavy (non-hydrogen) atoms. The lowest BCUT2D eigenvalue weighted by Crippen LogP contribution is -2.44. The molecular weight excluding hydrogens is 262 g/mol. The summed E-state index contributed by atoms with van der Waals surface area (Å²) in [6, 6.07) is 0. The van der Waals surface area contributed by atoms with Gasteiger partial charge in [0.05, 0.1) is 24.7 Å². The molecular formula is C10H12ClN3O4. The number of aromatic nitrogens is 2. The Bertz CT molecular complexity index is 490. The van der Waals surface area contributed by atoms with Crippen molar-refractivity contribution < 1.29 is 14.4 Å². The second kappa shape index (κ2) is 4.66. The van der Waals surface area contributed by atoms with Crippen LogP contribution >= 0.6 is 11.6 Å². The molecule has 2 heterocycles. The topological polar surface area (TPSA) is 87.4 Å². The van der Waals surface area contributed by atoms with Crippen LogP contribution in [0, 0.1) is 22.5 Å². The van der Waals surface area contributed by atoms with Crippen molar-refractivity contribution in [1.29, 1.82) is 0 Å². The third kappa shape index (κ3) is 2.51. The van der Waals surface area contributed by atoms with Crippen LogP contribution in [0.5, 0.6) is 5.88 Å². The van der Waals surface area contributed by atoms with Crippen LogP contribution in [0.25, 0.3) is 0 Å². The summed E-state index contributed by atoms with van der Waals surface area (Å²) in [7, 11) is 0. The molecule has 0 bridgehead atoms. The molecule has 0 N–H and O–H groups in total. The highest BCUT2D eigenvalue weighted by molar-refractivity contribution is 6.31. The summed E-state index contributed by atoms with van der Waals surface area (Å²) in [6.07, 6.45) is 0. The van der Waals surface area contributed by atoms with E-state index in [1.54, 1.807) is 6.92 Å². The first-order valence-electron chi connectivity index (χ1n) is 5.30. The van der Waals surface area contributed by atoms with Gasteiger partial charge in [0.15, 0.2) is 0 Å². The van der Waals surface area contributed by atoms with Crippen molar-refractivity contribution in [3.05, 3.63) is 21.1 Å². The number of hydrogen-bond donors (Lipinski definition) is 0. The van der Waals surface area contributed by atoms with E-state index in [2.05, 4.69) is 9.97 Å². The number of ether oxygens (including phenoxy) is 2. The SMILES string of the molecule is Cc1nc(Cl)c([N+](=O)[O-])c(OCC2(C)COC2)n1. The molecule has 1 aromatic heterocycles.